The smallest absolute Gasteiger partial charge is 0.494 e. The predicted octanol–water partition coefficient (Wildman–Crippen LogP) is 11.5. The summed E-state index contributed by atoms with van der Waals surface area (Å²) in [6, 6.07) is 18.7. The number of nitrogens with zero attached hydrogens (tertiary/aromatic N) is 4. The molecule has 43 heavy (non-hydrogen) atoms. The fourth-order valence-electron chi connectivity index (χ4n) is 3.70. The zero-order valence-corrected chi connectivity index (χ0v) is 23.3. The average Bonchev–Trinajstić information content (AvgIpc) is 2.96. The van der Waals surface area contributed by atoms with Crippen LogP contribution in [0.1, 0.15) is 56.9 Å². The molecule has 0 aliphatic heterocycles. The quantitative estimate of drug-likeness (QED) is 0.0564. The molecule has 0 radical (unpaired) electrons. The Morgan fingerprint density at radius 2 is 0.930 bits per heavy atom. The molecule has 3 aromatic rings. The van der Waals surface area contributed by atoms with Gasteiger partial charge in [0.1, 0.15) is 11.5 Å². The van der Waals surface area contributed by atoms with Gasteiger partial charge in [-0.3, -0.25) is 0 Å². The van der Waals surface area contributed by atoms with Gasteiger partial charge in [-0.2, -0.15) is 23.4 Å². The van der Waals surface area contributed by atoms with Crippen molar-refractivity contribution in [1.29, 1.82) is 5.39 Å². The first-order valence-corrected chi connectivity index (χ1v) is 13.7. The van der Waals surface area contributed by atoms with E-state index < -0.39 is 19.0 Å². The second-order valence-electron chi connectivity index (χ2n) is 9.35. The molecule has 0 amide bonds. The third-order valence-electron chi connectivity index (χ3n) is 5.84. The molecular formula is C29H32BF7N4O2. The lowest BCUT2D eigenvalue weighted by atomic mass is 10.1. The first kappa shape index (κ1) is 35.1. The Kier molecular flexibility index (Phi) is 15.0. The molecule has 232 valence electrons. The number of diazo groups is 1. The number of alkyl halides is 3. The topological polar surface area (TPSA) is 71.3 Å². The first-order chi connectivity index (χ1) is 20.4. The summed E-state index contributed by atoms with van der Waals surface area (Å²) < 4.78 is 88.3. The normalized spacial score (nSPS) is 11.5. The monoisotopic (exact) mass is 612 g/mol. The van der Waals surface area contributed by atoms with Crippen LogP contribution in [-0.2, 0) is 6.18 Å². The van der Waals surface area contributed by atoms with Gasteiger partial charge in [0.05, 0.1) is 30.2 Å². The van der Waals surface area contributed by atoms with Gasteiger partial charge in [-0.15, -0.1) is 0 Å². The summed E-state index contributed by atoms with van der Waals surface area (Å²) in [5, 5.41) is 16.7. The fraction of sp³-hybridized carbons (Fsp3) is 0.379. The maximum atomic E-state index is 12.6. The van der Waals surface area contributed by atoms with E-state index in [1.807, 2.05) is 12.1 Å². The maximum absolute atomic E-state index is 12.6. The molecule has 0 saturated heterocycles. The van der Waals surface area contributed by atoms with Crippen molar-refractivity contribution in [3.05, 3.63) is 83.3 Å². The van der Waals surface area contributed by atoms with E-state index in [0.717, 1.165) is 49.3 Å². The summed E-state index contributed by atoms with van der Waals surface area (Å²) in [4.78, 5) is 3.12. The summed E-state index contributed by atoms with van der Waals surface area (Å²) in [5.41, 5.74) is 0.750. The van der Waals surface area contributed by atoms with Crippen LogP contribution in [0.3, 0.4) is 0 Å². The summed E-state index contributed by atoms with van der Waals surface area (Å²) in [6.07, 6.45) is 4.74. The number of halogens is 7. The molecule has 14 heteroatoms. The fourth-order valence-corrected chi connectivity index (χ4v) is 3.70. The van der Waals surface area contributed by atoms with Gasteiger partial charge in [0.15, 0.2) is 4.98 Å². The molecule has 0 spiro atoms. The molecule has 0 atom stereocenters. The Morgan fingerprint density at radius 3 is 1.30 bits per heavy atom. The molecule has 3 aromatic carbocycles. The number of hydrogen-bond acceptors (Lipinski definition) is 5. The summed E-state index contributed by atoms with van der Waals surface area (Å²) in [7, 11) is -6.00. The van der Waals surface area contributed by atoms with Crippen LogP contribution in [0.25, 0.3) is 4.98 Å². The molecule has 6 nitrogen and oxygen atoms in total. The zero-order chi connectivity index (χ0) is 31.6. The van der Waals surface area contributed by atoms with E-state index in [2.05, 4.69) is 15.2 Å². The van der Waals surface area contributed by atoms with Crippen molar-refractivity contribution in [2.75, 3.05) is 13.2 Å². The number of benzene rings is 3. The minimum absolute atomic E-state index is 0.353. The molecule has 0 aliphatic rings. The lowest BCUT2D eigenvalue weighted by Gasteiger charge is -2.07. The zero-order valence-electron chi connectivity index (χ0n) is 23.3. The highest BCUT2D eigenvalue weighted by Gasteiger charge is 2.29. The molecule has 0 fully saturated rings. The van der Waals surface area contributed by atoms with Crippen LogP contribution in [0.2, 0.25) is 0 Å². The highest BCUT2D eigenvalue weighted by molar-refractivity contribution is 6.50. The molecule has 0 N–H and O–H groups in total. The molecule has 3 rings (SSSR count). The van der Waals surface area contributed by atoms with E-state index in [1.165, 1.54) is 37.8 Å². The molecule has 0 saturated carbocycles. The number of unbranched alkanes of at least 4 members (excludes halogenated alkanes) is 7. The van der Waals surface area contributed by atoms with Gasteiger partial charge in [-0.1, -0.05) is 38.5 Å². The highest BCUT2D eigenvalue weighted by Crippen LogP contribution is 2.31. The molecule has 0 aromatic heterocycles. The third-order valence-corrected chi connectivity index (χ3v) is 5.84. The molecule has 0 bridgehead atoms. The van der Waals surface area contributed by atoms with Crippen LogP contribution in [0, 0.1) is 5.39 Å². The number of rotatable bonds is 15. The minimum Gasteiger partial charge on any atom is -0.494 e. The van der Waals surface area contributed by atoms with Crippen LogP contribution in [0.4, 0.5) is 47.5 Å². The van der Waals surface area contributed by atoms with Crippen molar-refractivity contribution in [2.45, 2.75) is 57.5 Å². The van der Waals surface area contributed by atoms with Crippen molar-refractivity contribution in [3.63, 3.8) is 0 Å². The van der Waals surface area contributed by atoms with E-state index in [1.54, 1.807) is 36.4 Å². The predicted molar refractivity (Wildman–Crippen MR) is 151 cm³/mol. The third kappa shape index (κ3) is 16.8. The SMILES string of the molecule is F[B-](F)(F)F.N#[N+]c1ccc(OCCCCCCCCCCOc2ccc(N=Nc3ccc(C(F)(F)F)cc3)cc2)cc1. The number of ether oxygens (including phenoxy) is 2. The first-order valence-electron chi connectivity index (χ1n) is 13.7. The van der Waals surface area contributed by atoms with Crippen LogP contribution in [0.5, 0.6) is 11.5 Å². The summed E-state index contributed by atoms with van der Waals surface area (Å²) >= 11 is 0. The van der Waals surface area contributed by atoms with Gasteiger partial charge in [0, 0.05) is 12.1 Å². The number of azo groups is 1. The maximum Gasteiger partial charge on any atom is 0.673 e. The standard InChI is InChI=1S/C29H32F3N4O2.BF4/c30-29(31,32)23-9-11-25(12-10-23)35-36-26-15-19-28(20-16-26)38-22-8-6-4-2-1-3-5-7-21-37-27-17-13-24(34-33)14-18-27;2-1(3,4)5/h9-20H,1-8,21-22H2;/q+1;-1. The number of hydrogen-bond donors (Lipinski definition) is 0. The van der Waals surface area contributed by atoms with Gasteiger partial charge in [-0.05, 0) is 73.5 Å². The van der Waals surface area contributed by atoms with Crippen LogP contribution in [0.15, 0.2) is 83.0 Å². The van der Waals surface area contributed by atoms with Gasteiger partial charge >= 0.3 is 19.1 Å². The van der Waals surface area contributed by atoms with Gasteiger partial charge in [0.2, 0.25) is 5.39 Å². The van der Waals surface area contributed by atoms with E-state index in [0.29, 0.717) is 30.3 Å². The largest absolute Gasteiger partial charge is 0.673 e. The second-order valence-corrected chi connectivity index (χ2v) is 9.35. The lowest BCUT2D eigenvalue weighted by Crippen LogP contribution is -2.03. The highest BCUT2D eigenvalue weighted by atomic mass is 19.5. The second kappa shape index (κ2) is 18.4. The minimum atomic E-state index is -6.00. The van der Waals surface area contributed by atoms with Crippen LogP contribution >= 0.6 is 0 Å². The summed E-state index contributed by atoms with van der Waals surface area (Å²) in [6.45, 7) is 1.34. The van der Waals surface area contributed by atoms with Crippen LogP contribution < -0.4 is 9.47 Å². The van der Waals surface area contributed by atoms with Crippen molar-refractivity contribution < 1.29 is 39.9 Å². The Balaban J connectivity index is 0.00000119. The van der Waals surface area contributed by atoms with Crippen molar-refractivity contribution in [2.24, 2.45) is 10.2 Å². The van der Waals surface area contributed by atoms with Crippen molar-refractivity contribution in [1.82, 2.24) is 0 Å². The van der Waals surface area contributed by atoms with Gasteiger partial charge in [-0.25, -0.2) is 0 Å². The molecule has 0 unspecified atom stereocenters. The Bertz CT molecular complexity index is 1260. The van der Waals surface area contributed by atoms with Crippen LogP contribution in [-0.4, -0.2) is 20.5 Å². The van der Waals surface area contributed by atoms with E-state index in [4.69, 9.17) is 14.9 Å². The van der Waals surface area contributed by atoms with Gasteiger partial charge in [0.25, 0.3) is 0 Å². The van der Waals surface area contributed by atoms with E-state index >= 15 is 0 Å². The van der Waals surface area contributed by atoms with Gasteiger partial charge < -0.3 is 26.7 Å². The van der Waals surface area contributed by atoms with E-state index in [-0.39, 0.29) is 0 Å². The van der Waals surface area contributed by atoms with Crippen molar-refractivity contribution in [3.8, 4) is 11.5 Å². The summed E-state index contributed by atoms with van der Waals surface area (Å²) in [5.74, 6) is 1.54. The Hall–Kier alpha value is -4.15. The molecular weight excluding hydrogens is 580 g/mol. The Labute approximate surface area is 245 Å². The lowest BCUT2D eigenvalue weighted by molar-refractivity contribution is -0.137. The molecule has 0 aliphatic carbocycles. The van der Waals surface area contributed by atoms with Crippen molar-refractivity contribution >= 4 is 24.3 Å². The Morgan fingerprint density at radius 1 is 0.581 bits per heavy atom. The molecule has 0 heterocycles. The average molecular weight is 612 g/mol. The van der Waals surface area contributed by atoms with E-state index in [9.17, 15) is 30.4 Å².